The molecular weight excluding hydrogens is 288 g/mol. The molecule has 0 radical (unpaired) electrons. The Bertz CT molecular complexity index is 261. The molecule has 1 atom stereocenters. The topological polar surface area (TPSA) is 89.2 Å². The molecule has 0 aromatic rings. The molecule has 2 saturated heterocycles. The molecule has 0 saturated carbocycles. The van der Waals surface area contributed by atoms with Crippen LogP contribution in [-0.2, 0) is 27.4 Å². The van der Waals surface area contributed by atoms with Crippen LogP contribution in [0.5, 0.6) is 0 Å². The van der Waals surface area contributed by atoms with E-state index in [0.29, 0.717) is 32.2 Å². The van der Waals surface area contributed by atoms with Crippen LogP contribution in [0.1, 0.15) is 0 Å². The van der Waals surface area contributed by atoms with Crippen LogP contribution in [0.4, 0.5) is 0 Å². The van der Waals surface area contributed by atoms with E-state index in [1.54, 1.807) is 0 Å². The molecule has 2 heterocycles. The van der Waals surface area contributed by atoms with Crippen LogP contribution in [0.2, 0.25) is 0 Å². The summed E-state index contributed by atoms with van der Waals surface area (Å²) in [6.07, 6.45) is 0. The maximum atomic E-state index is 11.5. The Hall–Kier alpha value is 0.480. The van der Waals surface area contributed by atoms with E-state index in [1.165, 1.54) is 11.4 Å². The van der Waals surface area contributed by atoms with Crippen molar-refractivity contribution in [1.29, 1.82) is 0 Å². The molecule has 2 rings (SSSR count). The Balaban J connectivity index is 1.63. The average molecular weight is 301 g/mol. The quantitative estimate of drug-likeness (QED) is 0.756. The van der Waals surface area contributed by atoms with Crippen LogP contribution in [0.25, 0.3) is 0 Å². The Morgan fingerprint density at radius 2 is 1.82 bits per heavy atom. The van der Waals surface area contributed by atoms with E-state index < -0.39 is 28.2 Å². The van der Waals surface area contributed by atoms with Crippen LogP contribution >= 0.6 is 27.6 Å². The maximum absolute atomic E-state index is 11.5. The van der Waals surface area contributed by atoms with Gasteiger partial charge in [-0.15, -0.1) is 0 Å². The summed E-state index contributed by atoms with van der Waals surface area (Å²) in [6, 6.07) is -0.717. The highest BCUT2D eigenvalue weighted by Gasteiger charge is 2.28. The van der Waals surface area contributed by atoms with Gasteiger partial charge in [0.1, 0.15) is 6.04 Å². The van der Waals surface area contributed by atoms with Crippen LogP contribution in [0.3, 0.4) is 0 Å². The second-order valence-corrected chi connectivity index (χ2v) is 7.46. The van der Waals surface area contributed by atoms with Crippen LogP contribution < -0.4 is 5.73 Å². The molecule has 2 fully saturated rings. The first-order valence-corrected chi connectivity index (χ1v) is 8.84. The summed E-state index contributed by atoms with van der Waals surface area (Å²) in [5.74, 6) is -0.118. The van der Waals surface area contributed by atoms with Crippen LogP contribution in [-0.4, -0.2) is 44.2 Å². The molecule has 17 heavy (non-hydrogen) atoms. The highest BCUT2D eigenvalue weighted by molar-refractivity contribution is 8.52. The molecule has 0 aromatic heterocycles. The van der Waals surface area contributed by atoms with Gasteiger partial charge in [-0.3, -0.25) is 13.8 Å². The van der Waals surface area contributed by atoms with Gasteiger partial charge in [0, 0.05) is 5.75 Å². The van der Waals surface area contributed by atoms with Crippen molar-refractivity contribution in [3.8, 4) is 0 Å². The number of hydrogen-bond donors (Lipinski definition) is 1. The summed E-state index contributed by atoms with van der Waals surface area (Å²) >= 11 is 1.40. The molecule has 2 N–H and O–H groups in total. The van der Waals surface area contributed by atoms with Crippen molar-refractivity contribution in [2.75, 3.05) is 32.2 Å². The Morgan fingerprint density at radius 1 is 1.24 bits per heavy atom. The van der Waals surface area contributed by atoms with Crippen molar-refractivity contribution in [1.82, 2.24) is 0 Å². The third-order valence-electron chi connectivity index (χ3n) is 1.78. The maximum Gasteiger partial charge on any atom is 0.399 e. The Morgan fingerprint density at radius 3 is 2.47 bits per heavy atom. The van der Waals surface area contributed by atoms with E-state index in [0.717, 1.165) is 0 Å². The summed E-state index contributed by atoms with van der Waals surface area (Å²) in [4.78, 5) is 11.5. The van der Waals surface area contributed by atoms with Crippen molar-refractivity contribution in [3.63, 3.8) is 0 Å². The summed E-state index contributed by atoms with van der Waals surface area (Å²) < 4.78 is 25.6. The first-order valence-electron chi connectivity index (χ1n) is 4.98. The molecular formula is C7H13NO6P2S. The Labute approximate surface area is 105 Å². The monoisotopic (exact) mass is 301 g/mol. The van der Waals surface area contributed by atoms with Gasteiger partial charge < -0.3 is 19.3 Å². The van der Waals surface area contributed by atoms with E-state index in [-0.39, 0.29) is 0 Å². The predicted octanol–water partition coefficient (Wildman–Crippen LogP) is 1.14. The second-order valence-electron chi connectivity index (χ2n) is 3.09. The minimum atomic E-state index is -1.53. The van der Waals surface area contributed by atoms with E-state index in [4.69, 9.17) is 28.4 Å². The minimum Gasteiger partial charge on any atom is -0.393 e. The van der Waals surface area contributed by atoms with Gasteiger partial charge in [0.05, 0.1) is 26.4 Å². The lowest BCUT2D eigenvalue weighted by atomic mass is 10.4. The van der Waals surface area contributed by atoms with Crippen molar-refractivity contribution in [3.05, 3.63) is 0 Å². The lowest BCUT2D eigenvalue weighted by molar-refractivity contribution is -0.135. The number of rotatable bonds is 5. The molecule has 0 aromatic carbocycles. The zero-order chi connectivity index (χ0) is 12.1. The smallest absolute Gasteiger partial charge is 0.393 e. The van der Waals surface area contributed by atoms with E-state index in [9.17, 15) is 4.79 Å². The van der Waals surface area contributed by atoms with E-state index >= 15 is 0 Å². The fourth-order valence-electron chi connectivity index (χ4n) is 0.999. The number of carbonyl (C=O) groups excluding carboxylic acids is 1. The normalized spacial score (nSPS) is 24.1. The lowest BCUT2D eigenvalue weighted by Crippen LogP contribution is -2.33. The van der Waals surface area contributed by atoms with Gasteiger partial charge in [0.25, 0.3) is 0 Å². The fraction of sp³-hybridized carbons (Fsp3) is 0.857. The molecule has 98 valence electrons. The van der Waals surface area contributed by atoms with Crippen molar-refractivity contribution >= 4 is 33.5 Å². The minimum absolute atomic E-state index is 0.397. The lowest BCUT2D eigenvalue weighted by Gasteiger charge is -2.13. The van der Waals surface area contributed by atoms with Crippen molar-refractivity contribution < 1.29 is 27.4 Å². The van der Waals surface area contributed by atoms with Crippen molar-refractivity contribution in [2.24, 2.45) is 5.73 Å². The molecule has 7 nitrogen and oxygen atoms in total. The molecule has 10 heteroatoms. The SMILES string of the molecule is NC(CSP1OCCO1)C(=O)OP1OCCO1. The first-order chi connectivity index (χ1) is 8.25. The van der Waals surface area contributed by atoms with Crippen molar-refractivity contribution in [2.45, 2.75) is 6.04 Å². The van der Waals surface area contributed by atoms with Gasteiger partial charge in [-0.05, 0) is 0 Å². The molecule has 2 aliphatic heterocycles. The van der Waals surface area contributed by atoms with E-state index in [2.05, 4.69) is 0 Å². The van der Waals surface area contributed by atoms with Crippen LogP contribution in [0.15, 0.2) is 0 Å². The third kappa shape index (κ3) is 4.58. The molecule has 0 spiro atoms. The largest absolute Gasteiger partial charge is 0.399 e. The molecule has 0 aliphatic carbocycles. The standard InChI is InChI=1S/C7H13NO6P2S/c8-6(5-17-16-12-3-4-13-16)7(9)14-15-10-1-2-11-15/h6H,1-5,8H2. The van der Waals surface area contributed by atoms with Gasteiger partial charge in [-0.2, -0.15) is 0 Å². The summed E-state index contributed by atoms with van der Waals surface area (Å²) in [5.41, 5.74) is 5.68. The molecule has 1 unspecified atom stereocenters. The fourth-order valence-corrected chi connectivity index (χ4v) is 4.74. The van der Waals surface area contributed by atoms with E-state index in [1.807, 2.05) is 0 Å². The number of hydrogen-bond acceptors (Lipinski definition) is 8. The molecule has 0 bridgehead atoms. The van der Waals surface area contributed by atoms with Gasteiger partial charge in [0.2, 0.25) is 7.58 Å². The Kier molecular flexibility index (Phi) is 5.86. The summed E-state index contributed by atoms with van der Waals surface area (Å²) in [6.45, 7) is 2.11. The number of nitrogens with two attached hydrogens (primary N) is 1. The number of carbonyl (C=O) groups is 1. The third-order valence-corrected chi connectivity index (χ3v) is 6.11. The summed E-state index contributed by atoms with van der Waals surface area (Å²) in [7, 11) is -2.48. The van der Waals surface area contributed by atoms with Gasteiger partial charge in [-0.1, -0.05) is 11.4 Å². The predicted molar refractivity (Wildman–Crippen MR) is 64.2 cm³/mol. The molecule has 0 amide bonds. The zero-order valence-electron chi connectivity index (χ0n) is 8.94. The second kappa shape index (κ2) is 7.16. The van der Waals surface area contributed by atoms with Gasteiger partial charge >= 0.3 is 14.6 Å². The zero-order valence-corrected chi connectivity index (χ0v) is 11.5. The first kappa shape index (κ1) is 13.9. The van der Waals surface area contributed by atoms with Gasteiger partial charge in [-0.25, -0.2) is 0 Å². The summed E-state index contributed by atoms with van der Waals surface area (Å²) in [5, 5.41) is 0. The van der Waals surface area contributed by atoms with Gasteiger partial charge in [0.15, 0.2) is 0 Å². The molecule has 2 aliphatic rings. The van der Waals surface area contributed by atoms with Crippen LogP contribution in [0, 0.1) is 0 Å². The highest BCUT2D eigenvalue weighted by Crippen LogP contribution is 2.54. The highest BCUT2D eigenvalue weighted by atomic mass is 32.7. The average Bonchev–Trinajstić information content (AvgIpc) is 2.98.